The molecule has 98 valence electrons. The summed E-state index contributed by atoms with van der Waals surface area (Å²) < 4.78 is 0. The quantitative estimate of drug-likeness (QED) is 0.596. The maximum absolute atomic E-state index is 10.8. The number of aliphatic hydroxyl groups is 1. The van der Waals surface area contributed by atoms with Gasteiger partial charge in [0.05, 0.1) is 4.92 Å². The average Bonchev–Trinajstić information content (AvgIpc) is 2.32. The molecule has 2 N–H and O–H groups in total. The van der Waals surface area contributed by atoms with Gasteiger partial charge in [0.25, 0.3) is 0 Å². The summed E-state index contributed by atoms with van der Waals surface area (Å²) in [6.45, 7) is 0.789. The van der Waals surface area contributed by atoms with Gasteiger partial charge in [-0.15, -0.1) is 0 Å². The predicted molar refractivity (Wildman–Crippen MR) is 67.4 cm³/mol. The van der Waals surface area contributed by atoms with Gasteiger partial charge in [-0.05, 0) is 30.7 Å². The Morgan fingerprint density at radius 3 is 2.89 bits per heavy atom. The SMILES string of the molecule is O=[N+]([O-])c1cccnc1NCC1(CCO)CCC1. The lowest BCUT2D eigenvalue weighted by atomic mass is 9.67. The third-order valence-electron chi connectivity index (χ3n) is 3.67. The smallest absolute Gasteiger partial charge is 0.311 e. The molecule has 0 unspecified atom stereocenters. The zero-order valence-corrected chi connectivity index (χ0v) is 10.1. The van der Waals surface area contributed by atoms with Gasteiger partial charge in [0.1, 0.15) is 0 Å². The molecule has 2 rings (SSSR count). The molecule has 6 nitrogen and oxygen atoms in total. The largest absolute Gasteiger partial charge is 0.396 e. The van der Waals surface area contributed by atoms with Gasteiger partial charge in [0.2, 0.25) is 5.82 Å². The van der Waals surface area contributed by atoms with Crippen molar-refractivity contribution in [2.45, 2.75) is 25.7 Å². The summed E-state index contributed by atoms with van der Waals surface area (Å²) in [6.07, 6.45) is 5.55. The highest BCUT2D eigenvalue weighted by atomic mass is 16.6. The number of hydrogen-bond donors (Lipinski definition) is 2. The fourth-order valence-corrected chi connectivity index (χ4v) is 2.38. The van der Waals surface area contributed by atoms with Crippen LogP contribution in [0.5, 0.6) is 0 Å². The van der Waals surface area contributed by atoms with Crippen LogP contribution in [-0.2, 0) is 0 Å². The molecule has 1 aliphatic carbocycles. The number of nitrogens with zero attached hydrogens (tertiary/aromatic N) is 2. The van der Waals surface area contributed by atoms with Crippen molar-refractivity contribution in [3.05, 3.63) is 28.4 Å². The lowest BCUT2D eigenvalue weighted by Crippen LogP contribution is -2.37. The van der Waals surface area contributed by atoms with Gasteiger partial charge in [-0.3, -0.25) is 10.1 Å². The van der Waals surface area contributed by atoms with Gasteiger partial charge in [0, 0.05) is 25.4 Å². The maximum Gasteiger partial charge on any atom is 0.311 e. The second-order valence-corrected chi connectivity index (χ2v) is 4.81. The van der Waals surface area contributed by atoms with Gasteiger partial charge in [-0.2, -0.15) is 0 Å². The topological polar surface area (TPSA) is 88.3 Å². The highest BCUT2D eigenvalue weighted by molar-refractivity contribution is 5.55. The van der Waals surface area contributed by atoms with Crippen LogP contribution in [0.15, 0.2) is 18.3 Å². The molecule has 0 saturated heterocycles. The minimum atomic E-state index is -0.436. The third-order valence-corrected chi connectivity index (χ3v) is 3.67. The van der Waals surface area contributed by atoms with Gasteiger partial charge in [-0.25, -0.2) is 4.98 Å². The number of rotatable bonds is 6. The monoisotopic (exact) mass is 251 g/mol. The second kappa shape index (κ2) is 5.30. The molecule has 0 amide bonds. The van der Waals surface area contributed by atoms with Crippen LogP contribution in [0, 0.1) is 15.5 Å². The molecule has 0 aromatic carbocycles. The zero-order valence-electron chi connectivity index (χ0n) is 10.1. The minimum absolute atomic E-state index is 0.00373. The van der Waals surface area contributed by atoms with Crippen LogP contribution in [0.25, 0.3) is 0 Å². The summed E-state index contributed by atoms with van der Waals surface area (Å²) in [5.74, 6) is 0.312. The van der Waals surface area contributed by atoms with Crippen molar-refractivity contribution in [2.24, 2.45) is 5.41 Å². The van der Waals surface area contributed by atoms with E-state index in [4.69, 9.17) is 5.11 Å². The standard InChI is InChI=1S/C12H17N3O3/c16-8-6-12(4-2-5-12)9-14-11-10(15(17)18)3-1-7-13-11/h1,3,7,16H,2,4-6,8-9H2,(H,13,14). The first-order chi connectivity index (χ1) is 8.67. The summed E-state index contributed by atoms with van der Waals surface area (Å²) >= 11 is 0. The number of hydrogen-bond acceptors (Lipinski definition) is 5. The molecular weight excluding hydrogens is 234 g/mol. The first-order valence-corrected chi connectivity index (χ1v) is 6.11. The summed E-state index contributed by atoms with van der Waals surface area (Å²) in [6, 6.07) is 2.99. The zero-order chi connectivity index (χ0) is 13.0. The number of anilines is 1. The molecule has 1 aromatic heterocycles. The molecule has 6 heteroatoms. The average molecular weight is 251 g/mol. The lowest BCUT2D eigenvalue weighted by Gasteiger charge is -2.41. The van der Waals surface area contributed by atoms with Crippen LogP contribution in [0.4, 0.5) is 11.5 Å². The molecular formula is C12H17N3O3. The normalized spacial score (nSPS) is 16.9. The van der Waals surface area contributed by atoms with Crippen LogP contribution in [-0.4, -0.2) is 28.2 Å². The molecule has 1 fully saturated rings. The van der Waals surface area contributed by atoms with E-state index in [2.05, 4.69) is 10.3 Å². The molecule has 18 heavy (non-hydrogen) atoms. The Bertz CT molecular complexity index is 432. The molecule has 1 saturated carbocycles. The first kappa shape index (κ1) is 12.8. The van der Waals surface area contributed by atoms with Gasteiger partial charge in [-0.1, -0.05) is 6.42 Å². The van der Waals surface area contributed by atoms with Crippen LogP contribution < -0.4 is 5.32 Å². The van der Waals surface area contributed by atoms with E-state index in [1.54, 1.807) is 6.07 Å². The van der Waals surface area contributed by atoms with Gasteiger partial charge in [0.15, 0.2) is 0 Å². The van der Waals surface area contributed by atoms with Gasteiger partial charge < -0.3 is 10.4 Å². The highest BCUT2D eigenvalue weighted by Crippen LogP contribution is 2.43. The van der Waals surface area contributed by atoms with Crippen molar-refractivity contribution < 1.29 is 10.0 Å². The lowest BCUT2D eigenvalue weighted by molar-refractivity contribution is -0.384. The Morgan fingerprint density at radius 1 is 1.56 bits per heavy atom. The Balaban J connectivity index is 2.03. The van der Waals surface area contributed by atoms with Crippen LogP contribution in [0.2, 0.25) is 0 Å². The maximum atomic E-state index is 10.8. The first-order valence-electron chi connectivity index (χ1n) is 6.11. The molecule has 0 aliphatic heterocycles. The van der Waals surface area contributed by atoms with Crippen molar-refractivity contribution >= 4 is 11.5 Å². The van der Waals surface area contributed by atoms with Crippen molar-refractivity contribution in [3.63, 3.8) is 0 Å². The molecule has 0 radical (unpaired) electrons. The van der Waals surface area contributed by atoms with E-state index in [1.165, 1.54) is 12.3 Å². The fraction of sp³-hybridized carbons (Fsp3) is 0.583. The van der Waals surface area contributed by atoms with Gasteiger partial charge >= 0.3 is 5.69 Å². The predicted octanol–water partition coefficient (Wildman–Crippen LogP) is 1.95. The number of aliphatic hydroxyl groups excluding tert-OH is 1. The van der Waals surface area contributed by atoms with Crippen LogP contribution >= 0.6 is 0 Å². The second-order valence-electron chi connectivity index (χ2n) is 4.81. The Hall–Kier alpha value is -1.69. The summed E-state index contributed by atoms with van der Waals surface area (Å²) in [5, 5.41) is 23.0. The van der Waals surface area contributed by atoms with E-state index in [0.29, 0.717) is 12.4 Å². The molecule has 1 aromatic rings. The Kier molecular flexibility index (Phi) is 3.76. The third kappa shape index (κ3) is 2.59. The van der Waals surface area contributed by atoms with E-state index in [0.717, 1.165) is 25.7 Å². The van der Waals surface area contributed by atoms with Crippen molar-refractivity contribution in [2.75, 3.05) is 18.5 Å². The van der Waals surface area contributed by atoms with Crippen LogP contribution in [0.1, 0.15) is 25.7 Å². The van der Waals surface area contributed by atoms with E-state index < -0.39 is 4.92 Å². The van der Waals surface area contributed by atoms with Crippen molar-refractivity contribution in [1.29, 1.82) is 0 Å². The fourth-order valence-electron chi connectivity index (χ4n) is 2.38. The van der Waals surface area contributed by atoms with Crippen molar-refractivity contribution in [3.8, 4) is 0 Å². The molecule has 0 spiro atoms. The van der Waals surface area contributed by atoms with E-state index in [-0.39, 0.29) is 17.7 Å². The van der Waals surface area contributed by atoms with Crippen molar-refractivity contribution in [1.82, 2.24) is 4.98 Å². The number of aromatic nitrogens is 1. The molecule has 0 atom stereocenters. The molecule has 0 bridgehead atoms. The Labute approximate surface area is 105 Å². The highest BCUT2D eigenvalue weighted by Gasteiger charge is 2.36. The summed E-state index contributed by atoms with van der Waals surface area (Å²) in [7, 11) is 0. The number of pyridine rings is 1. The number of nitrogens with one attached hydrogen (secondary N) is 1. The minimum Gasteiger partial charge on any atom is -0.396 e. The molecule has 1 heterocycles. The Morgan fingerprint density at radius 2 is 2.33 bits per heavy atom. The number of nitro groups is 1. The van der Waals surface area contributed by atoms with E-state index in [1.807, 2.05) is 0 Å². The van der Waals surface area contributed by atoms with Crippen LogP contribution in [0.3, 0.4) is 0 Å². The molecule has 1 aliphatic rings. The van der Waals surface area contributed by atoms with E-state index >= 15 is 0 Å². The van der Waals surface area contributed by atoms with E-state index in [9.17, 15) is 10.1 Å². The summed E-state index contributed by atoms with van der Waals surface area (Å²) in [4.78, 5) is 14.4. The summed E-state index contributed by atoms with van der Waals surface area (Å²) in [5.41, 5.74) is 0.0797.